The number of hydrogen-bond acceptors (Lipinski definition) is 8. The second-order valence-electron chi connectivity index (χ2n) is 9.65. The van der Waals surface area contributed by atoms with Crippen molar-refractivity contribution < 1.29 is 23.0 Å². The van der Waals surface area contributed by atoms with Crippen molar-refractivity contribution in [1.82, 2.24) is 14.9 Å². The Morgan fingerprint density at radius 2 is 1.70 bits per heavy atom. The molecule has 2 aromatic carbocycles. The second kappa shape index (κ2) is 11.2. The number of morpholine rings is 1. The Kier molecular flexibility index (Phi) is 7.80. The second-order valence-corrected chi connectivity index (χ2v) is 9.65. The van der Waals surface area contributed by atoms with Crippen molar-refractivity contribution >= 4 is 22.5 Å². The Hall–Kier alpha value is -2.92. The number of nitrogens with zero attached hydrogens (tertiary/aromatic N) is 4. The topological polar surface area (TPSA) is 72.0 Å². The molecule has 0 aliphatic carbocycles. The maximum atomic E-state index is 13.9. The fourth-order valence-electron chi connectivity index (χ4n) is 5.18. The first-order valence-electron chi connectivity index (χ1n) is 12.6. The number of hydrogen-bond donors (Lipinski definition) is 1. The summed E-state index contributed by atoms with van der Waals surface area (Å²) in [6, 6.07) is 7.32. The zero-order valence-electron chi connectivity index (χ0n) is 21.4. The van der Waals surface area contributed by atoms with Crippen LogP contribution in [-0.4, -0.2) is 80.7 Å². The van der Waals surface area contributed by atoms with E-state index in [2.05, 4.69) is 27.2 Å². The van der Waals surface area contributed by atoms with E-state index in [1.165, 1.54) is 12.1 Å². The Morgan fingerprint density at radius 3 is 2.35 bits per heavy atom. The van der Waals surface area contributed by atoms with Gasteiger partial charge in [0.25, 0.3) is 0 Å². The summed E-state index contributed by atoms with van der Waals surface area (Å²) in [6.45, 7) is 6.98. The number of fused-ring (bicyclic) bond motifs is 1. The van der Waals surface area contributed by atoms with Gasteiger partial charge in [0.15, 0.2) is 0 Å². The van der Waals surface area contributed by atoms with Crippen LogP contribution in [0.25, 0.3) is 11.0 Å². The molecule has 2 aliphatic heterocycles. The van der Waals surface area contributed by atoms with E-state index in [9.17, 15) is 8.78 Å². The molecular weight excluding hydrogens is 480 g/mol. The maximum Gasteiger partial charge on any atom is 0.148 e. The van der Waals surface area contributed by atoms with Gasteiger partial charge in [-0.25, -0.2) is 13.8 Å². The van der Waals surface area contributed by atoms with E-state index >= 15 is 0 Å². The molecule has 37 heavy (non-hydrogen) atoms. The summed E-state index contributed by atoms with van der Waals surface area (Å²) < 4.78 is 44.4. The van der Waals surface area contributed by atoms with Gasteiger partial charge in [0.2, 0.25) is 0 Å². The predicted molar refractivity (Wildman–Crippen MR) is 138 cm³/mol. The van der Waals surface area contributed by atoms with Crippen molar-refractivity contribution in [3.63, 3.8) is 0 Å². The first-order valence-corrected chi connectivity index (χ1v) is 12.6. The van der Waals surface area contributed by atoms with Gasteiger partial charge in [0.1, 0.15) is 17.5 Å². The van der Waals surface area contributed by atoms with Crippen LogP contribution in [0.1, 0.15) is 24.1 Å². The SMILES string of the molecule is CO[C@H]1CN(Cc2cc(C(C)Nc3cc(F)cc(F)c3)c3nc(N4CCOCC4)cnc3c2)C[C@@H]1OC. The lowest BCUT2D eigenvalue weighted by Gasteiger charge is -2.28. The predicted octanol–water partition coefficient (Wildman–Crippen LogP) is 3.76. The smallest absolute Gasteiger partial charge is 0.148 e. The van der Waals surface area contributed by atoms with Crippen molar-refractivity contribution in [3.05, 3.63) is 59.3 Å². The molecule has 3 aromatic rings. The molecule has 5 rings (SSSR count). The summed E-state index contributed by atoms with van der Waals surface area (Å²) in [5.74, 6) is -0.464. The number of ether oxygens (including phenoxy) is 3. The van der Waals surface area contributed by atoms with E-state index in [1.807, 2.05) is 6.92 Å². The number of benzene rings is 2. The van der Waals surface area contributed by atoms with E-state index in [0.29, 0.717) is 25.4 Å². The molecule has 1 aromatic heterocycles. The molecule has 3 heterocycles. The highest BCUT2D eigenvalue weighted by atomic mass is 19.1. The first kappa shape index (κ1) is 25.7. The van der Waals surface area contributed by atoms with Crippen LogP contribution in [0.4, 0.5) is 20.3 Å². The minimum absolute atomic E-state index is 0.0178. The molecule has 0 radical (unpaired) electrons. The quantitative estimate of drug-likeness (QED) is 0.488. The third kappa shape index (κ3) is 5.82. The number of methoxy groups -OCH3 is 2. The number of aromatic nitrogens is 2. The summed E-state index contributed by atoms with van der Waals surface area (Å²) in [5, 5.41) is 3.25. The molecular formula is C27H33F2N5O3. The lowest BCUT2D eigenvalue weighted by molar-refractivity contribution is -0.00461. The van der Waals surface area contributed by atoms with Crippen molar-refractivity contribution in [2.75, 3.05) is 63.8 Å². The summed E-state index contributed by atoms with van der Waals surface area (Å²) in [5.41, 5.74) is 3.88. The zero-order chi connectivity index (χ0) is 25.9. The van der Waals surface area contributed by atoms with Gasteiger partial charge >= 0.3 is 0 Å². The highest BCUT2D eigenvalue weighted by molar-refractivity contribution is 5.81. The monoisotopic (exact) mass is 513 g/mol. The van der Waals surface area contributed by atoms with Crippen molar-refractivity contribution in [2.24, 2.45) is 0 Å². The van der Waals surface area contributed by atoms with E-state index in [0.717, 1.165) is 60.2 Å². The molecule has 0 spiro atoms. The van der Waals surface area contributed by atoms with Crippen LogP contribution in [0.15, 0.2) is 36.5 Å². The minimum atomic E-state index is -0.628. The first-order chi connectivity index (χ1) is 17.9. The van der Waals surface area contributed by atoms with Gasteiger partial charge in [-0.3, -0.25) is 9.88 Å². The van der Waals surface area contributed by atoms with Crippen LogP contribution in [0, 0.1) is 11.6 Å². The van der Waals surface area contributed by atoms with Crippen molar-refractivity contribution in [2.45, 2.75) is 31.7 Å². The van der Waals surface area contributed by atoms with Crippen LogP contribution >= 0.6 is 0 Å². The molecule has 1 N–H and O–H groups in total. The number of anilines is 2. The summed E-state index contributed by atoms with van der Waals surface area (Å²) in [7, 11) is 3.41. The highest BCUT2D eigenvalue weighted by Crippen LogP contribution is 2.30. The number of rotatable bonds is 8. The van der Waals surface area contributed by atoms with E-state index in [4.69, 9.17) is 24.2 Å². The van der Waals surface area contributed by atoms with Gasteiger partial charge in [-0.15, -0.1) is 0 Å². The third-order valence-corrected chi connectivity index (χ3v) is 7.07. The summed E-state index contributed by atoms with van der Waals surface area (Å²) >= 11 is 0. The molecule has 0 bridgehead atoms. The fourth-order valence-corrected chi connectivity index (χ4v) is 5.18. The van der Waals surface area contributed by atoms with E-state index < -0.39 is 11.6 Å². The Balaban J connectivity index is 1.49. The van der Waals surface area contributed by atoms with Gasteiger partial charge < -0.3 is 24.4 Å². The lowest BCUT2D eigenvalue weighted by atomic mass is 10.0. The van der Waals surface area contributed by atoms with E-state index in [-0.39, 0.29) is 18.2 Å². The average molecular weight is 514 g/mol. The van der Waals surface area contributed by atoms with Crippen LogP contribution in [-0.2, 0) is 20.8 Å². The molecule has 198 valence electrons. The molecule has 2 saturated heterocycles. The van der Waals surface area contributed by atoms with Gasteiger partial charge in [0.05, 0.1) is 48.7 Å². The standard InChI is InChI=1S/C27H33F2N5O3/c1-17(31-21-11-19(28)10-20(29)12-21)22-8-18(14-33-15-24(35-2)25(16-33)36-3)9-23-27(22)32-26(13-30-23)34-4-6-37-7-5-34/h8-13,17,24-25,31H,4-7,14-16H2,1-3H3/t17?,24-,25-/m0/s1. The average Bonchev–Trinajstić information content (AvgIpc) is 3.29. The molecule has 3 atom stereocenters. The van der Waals surface area contributed by atoms with Crippen molar-refractivity contribution in [3.8, 4) is 0 Å². The Bertz CT molecular complexity index is 1210. The normalized spacial score (nSPS) is 21.5. The number of likely N-dealkylation sites (tertiary alicyclic amines) is 1. The molecule has 0 amide bonds. The molecule has 1 unspecified atom stereocenters. The van der Waals surface area contributed by atoms with Crippen LogP contribution in [0.2, 0.25) is 0 Å². The van der Waals surface area contributed by atoms with Gasteiger partial charge in [-0.2, -0.15) is 0 Å². The molecule has 0 saturated carbocycles. The molecule has 10 heteroatoms. The lowest BCUT2D eigenvalue weighted by Crippen LogP contribution is -2.36. The van der Waals surface area contributed by atoms with Crippen LogP contribution in [0.5, 0.6) is 0 Å². The zero-order valence-corrected chi connectivity index (χ0v) is 21.4. The summed E-state index contributed by atoms with van der Waals surface area (Å²) in [4.78, 5) is 14.2. The fraction of sp³-hybridized carbons (Fsp3) is 0.481. The van der Waals surface area contributed by atoms with Gasteiger partial charge in [-0.1, -0.05) is 6.07 Å². The maximum absolute atomic E-state index is 13.9. The Morgan fingerprint density at radius 1 is 1.03 bits per heavy atom. The minimum Gasteiger partial charge on any atom is -0.378 e. The largest absolute Gasteiger partial charge is 0.378 e. The van der Waals surface area contributed by atoms with Crippen molar-refractivity contribution in [1.29, 1.82) is 0 Å². The molecule has 2 fully saturated rings. The Labute approximate surface area is 215 Å². The van der Waals surface area contributed by atoms with Gasteiger partial charge in [-0.05, 0) is 30.7 Å². The number of halogens is 2. The third-order valence-electron chi connectivity index (χ3n) is 7.07. The van der Waals surface area contributed by atoms with Gasteiger partial charge in [0, 0.05) is 64.3 Å². The number of nitrogens with one attached hydrogen (secondary N) is 1. The van der Waals surface area contributed by atoms with Crippen LogP contribution < -0.4 is 10.2 Å². The van der Waals surface area contributed by atoms with Crippen LogP contribution in [0.3, 0.4) is 0 Å². The molecule has 2 aliphatic rings. The summed E-state index contributed by atoms with van der Waals surface area (Å²) in [6.07, 6.45) is 1.84. The van der Waals surface area contributed by atoms with E-state index in [1.54, 1.807) is 20.4 Å². The highest BCUT2D eigenvalue weighted by Gasteiger charge is 2.33. The molecule has 8 nitrogen and oxygen atoms in total.